The van der Waals surface area contributed by atoms with Gasteiger partial charge in [-0.05, 0) is 130 Å². The Kier molecular flexibility index (Phi) is 10.7. The number of rotatable bonds is 13. The molecule has 7 aliphatic rings. The maximum absolute atomic E-state index is 14.2. The van der Waals surface area contributed by atoms with Crippen LogP contribution in [0.5, 0.6) is 0 Å². The summed E-state index contributed by atoms with van der Waals surface area (Å²) in [6, 6.07) is 0. The van der Waals surface area contributed by atoms with Gasteiger partial charge in [0, 0.05) is 29.9 Å². The largest absolute Gasteiger partial charge is 0.396 e. The Labute approximate surface area is 318 Å². The first-order valence-corrected chi connectivity index (χ1v) is 21.3. The van der Waals surface area contributed by atoms with E-state index in [4.69, 9.17) is 15.2 Å². The van der Waals surface area contributed by atoms with Crippen LogP contribution < -0.4 is 11.1 Å². The summed E-state index contributed by atoms with van der Waals surface area (Å²) in [5, 5.41) is 50.4. The zero-order valence-corrected chi connectivity index (χ0v) is 33.3. The monoisotopic (exact) mass is 739 g/mol. The number of dihydropyridines is 1. The third kappa shape index (κ3) is 6.30. The minimum absolute atomic E-state index is 0.0368. The molecule has 3 saturated carbocycles. The van der Waals surface area contributed by atoms with Crippen molar-refractivity contribution in [1.82, 2.24) is 5.32 Å². The number of nitrogens with one attached hydrogen (secondary N) is 1. The number of epoxide rings is 1. The van der Waals surface area contributed by atoms with Gasteiger partial charge in [0.1, 0.15) is 17.8 Å². The fourth-order valence-electron chi connectivity index (χ4n) is 13.0. The van der Waals surface area contributed by atoms with Gasteiger partial charge in [-0.15, -0.1) is 0 Å². The summed E-state index contributed by atoms with van der Waals surface area (Å²) < 4.78 is 13.7. The maximum atomic E-state index is 14.2. The molecule has 3 aliphatic heterocycles. The molecular weight excluding hydrogens is 668 g/mol. The molecule has 4 aliphatic carbocycles. The number of ether oxygens (including phenoxy) is 2. The third-order valence-corrected chi connectivity index (χ3v) is 16.6. The van der Waals surface area contributed by atoms with E-state index >= 15 is 0 Å². The first-order chi connectivity index (χ1) is 25.1. The molecular formula is C44H70N2O7. The fourth-order valence-corrected chi connectivity index (χ4v) is 13.0. The molecule has 5 fully saturated rings. The summed E-state index contributed by atoms with van der Waals surface area (Å²) in [5.74, 6) is 1.04. The van der Waals surface area contributed by atoms with E-state index in [2.05, 4.69) is 32.2 Å². The van der Waals surface area contributed by atoms with Crippen molar-refractivity contribution in [2.75, 3.05) is 19.8 Å². The van der Waals surface area contributed by atoms with Crippen molar-refractivity contribution in [2.45, 2.75) is 172 Å². The van der Waals surface area contributed by atoms with E-state index in [1.165, 1.54) is 6.42 Å². The normalized spacial score (nSPS) is 44.6. The van der Waals surface area contributed by atoms with Crippen molar-refractivity contribution >= 4 is 5.78 Å². The Morgan fingerprint density at radius 2 is 1.85 bits per heavy atom. The fraction of sp³-hybridized carbons (Fsp3) is 0.841. The number of aliphatic hydroxyl groups excluding tert-OH is 2. The molecule has 0 spiro atoms. The van der Waals surface area contributed by atoms with E-state index in [1.807, 2.05) is 26.0 Å². The molecule has 298 valence electrons. The van der Waals surface area contributed by atoms with Crippen LogP contribution in [0.25, 0.3) is 0 Å². The van der Waals surface area contributed by atoms with Crippen LogP contribution >= 0.6 is 0 Å². The van der Waals surface area contributed by atoms with Crippen LogP contribution in [0.1, 0.15) is 137 Å². The number of hydrogen-bond acceptors (Lipinski definition) is 9. The summed E-state index contributed by atoms with van der Waals surface area (Å²) in [6.45, 7) is 11.6. The van der Waals surface area contributed by atoms with Gasteiger partial charge in [0.15, 0.2) is 5.78 Å². The molecule has 9 nitrogen and oxygen atoms in total. The molecule has 7 N–H and O–H groups in total. The van der Waals surface area contributed by atoms with Crippen molar-refractivity contribution in [3.8, 4) is 0 Å². The molecule has 0 amide bonds. The smallest absolute Gasteiger partial charge is 0.159 e. The van der Waals surface area contributed by atoms with E-state index in [1.54, 1.807) is 0 Å². The Bertz CT molecular complexity index is 1490. The second-order valence-corrected chi connectivity index (χ2v) is 19.5. The second kappa shape index (κ2) is 14.3. The van der Waals surface area contributed by atoms with Crippen LogP contribution in [0.3, 0.4) is 0 Å². The van der Waals surface area contributed by atoms with E-state index in [-0.39, 0.29) is 41.7 Å². The molecule has 0 aromatic carbocycles. The van der Waals surface area contributed by atoms with Crippen LogP contribution in [-0.4, -0.2) is 81.1 Å². The highest BCUT2D eigenvalue weighted by atomic mass is 16.6. The van der Waals surface area contributed by atoms with Gasteiger partial charge in [0.25, 0.3) is 0 Å². The average molecular weight is 739 g/mol. The van der Waals surface area contributed by atoms with Crippen molar-refractivity contribution in [1.29, 1.82) is 0 Å². The summed E-state index contributed by atoms with van der Waals surface area (Å²) in [4.78, 5) is 14.2. The molecule has 53 heavy (non-hydrogen) atoms. The van der Waals surface area contributed by atoms with E-state index in [0.29, 0.717) is 50.6 Å². The number of carbonyl (C=O) groups is 1. The van der Waals surface area contributed by atoms with Crippen LogP contribution in [0.2, 0.25) is 0 Å². The Morgan fingerprint density at radius 3 is 2.57 bits per heavy atom. The molecule has 13 atom stereocenters. The van der Waals surface area contributed by atoms with Gasteiger partial charge in [-0.25, -0.2) is 0 Å². The number of aliphatic hydroxyl groups is 4. The lowest BCUT2D eigenvalue weighted by atomic mass is 9.44. The Hall–Kier alpha value is -1.75. The lowest BCUT2D eigenvalue weighted by molar-refractivity contribution is -0.194. The molecule has 13 unspecified atom stereocenters. The van der Waals surface area contributed by atoms with E-state index in [0.717, 1.165) is 81.8 Å². The van der Waals surface area contributed by atoms with E-state index < -0.39 is 39.8 Å². The number of unbranched alkanes of at least 4 members (excludes halogenated alkanes) is 3. The highest BCUT2D eigenvalue weighted by molar-refractivity contribution is 5.95. The summed E-state index contributed by atoms with van der Waals surface area (Å²) in [6.07, 6.45) is 18.2. The predicted octanol–water partition coefficient (Wildman–Crippen LogP) is 5.98. The van der Waals surface area contributed by atoms with Gasteiger partial charge in [0.05, 0.1) is 29.7 Å². The molecule has 0 bridgehead atoms. The Balaban J connectivity index is 1.18. The summed E-state index contributed by atoms with van der Waals surface area (Å²) in [5.41, 5.74) is 3.28. The highest BCUT2D eigenvalue weighted by Gasteiger charge is 2.75. The summed E-state index contributed by atoms with van der Waals surface area (Å²) >= 11 is 0. The standard InChI is InChI=1S/C44H70N2O7/c1-6-7-8-9-16-42-19-11-30(48)24-33(42)34(49)25-32-31(42)12-18-40(4)35(13-20-44(32,40)51)43(26-28(2)15-22-52-43)38-37(53-38)41(5,50)39(3,27-47)17-10-29-14-21-46-36(45)23-29/h14,23,25,28,30-31,33,35,37-38,46-48,50-51H,6-13,15-22,24,26-27,45H2,1-5H3. The van der Waals surface area contributed by atoms with Gasteiger partial charge >= 0.3 is 0 Å². The quantitative estimate of drug-likeness (QED) is 0.0988. The molecule has 7 rings (SSSR count). The highest BCUT2D eigenvalue weighted by Crippen LogP contribution is 2.71. The van der Waals surface area contributed by atoms with Crippen LogP contribution in [0.4, 0.5) is 0 Å². The van der Waals surface area contributed by atoms with Crippen molar-refractivity contribution in [2.24, 2.45) is 45.7 Å². The summed E-state index contributed by atoms with van der Waals surface area (Å²) in [7, 11) is 0. The SMILES string of the molecule is CCCCCCC12CCC(O)CC1C(=O)C=C1C2CCC2(C)C(C3(C4OC4C(C)(O)C(C)(CO)CCC4=CCNC(N)=C4)CC(C)CCO3)CCC12O. The number of allylic oxidation sites excluding steroid dienone is 3. The van der Waals surface area contributed by atoms with Gasteiger partial charge in [0.2, 0.25) is 0 Å². The third-order valence-electron chi connectivity index (χ3n) is 16.6. The molecule has 0 aromatic heterocycles. The minimum Gasteiger partial charge on any atom is -0.396 e. The number of fused-ring (bicyclic) bond motifs is 5. The molecule has 0 aromatic rings. The molecule has 2 saturated heterocycles. The predicted molar refractivity (Wildman–Crippen MR) is 205 cm³/mol. The van der Waals surface area contributed by atoms with Crippen molar-refractivity contribution in [3.63, 3.8) is 0 Å². The van der Waals surface area contributed by atoms with E-state index in [9.17, 15) is 25.2 Å². The van der Waals surface area contributed by atoms with Crippen LogP contribution in [0.15, 0.2) is 35.2 Å². The van der Waals surface area contributed by atoms with Gasteiger partial charge in [-0.3, -0.25) is 4.79 Å². The van der Waals surface area contributed by atoms with Gasteiger partial charge < -0.3 is 41.0 Å². The number of ketones is 1. The molecule has 3 heterocycles. The van der Waals surface area contributed by atoms with Crippen molar-refractivity contribution in [3.05, 3.63) is 35.2 Å². The zero-order valence-electron chi connectivity index (χ0n) is 33.3. The topological polar surface area (TPSA) is 158 Å². The number of carbonyl (C=O) groups excluding carboxylic acids is 1. The Morgan fingerprint density at radius 1 is 1.06 bits per heavy atom. The first kappa shape index (κ1) is 39.5. The first-order valence-electron chi connectivity index (χ1n) is 21.3. The van der Waals surface area contributed by atoms with Crippen molar-refractivity contribution < 1.29 is 34.7 Å². The molecule has 9 heteroatoms. The van der Waals surface area contributed by atoms with Crippen LogP contribution in [-0.2, 0) is 14.3 Å². The lowest BCUT2D eigenvalue weighted by Crippen LogP contribution is -2.64. The maximum Gasteiger partial charge on any atom is 0.159 e. The molecule has 0 radical (unpaired) electrons. The lowest BCUT2D eigenvalue weighted by Gasteiger charge is -2.62. The zero-order chi connectivity index (χ0) is 38.0. The van der Waals surface area contributed by atoms with Crippen LogP contribution in [0, 0.1) is 39.9 Å². The minimum atomic E-state index is -1.34. The van der Waals surface area contributed by atoms with Gasteiger partial charge in [-0.1, -0.05) is 59.5 Å². The average Bonchev–Trinajstić information content (AvgIpc) is 3.90. The second-order valence-electron chi connectivity index (χ2n) is 19.5. The number of hydrogen-bond donors (Lipinski definition) is 6. The number of nitrogens with two attached hydrogens (primary N) is 1. The van der Waals surface area contributed by atoms with Gasteiger partial charge in [-0.2, -0.15) is 0 Å².